The van der Waals surface area contributed by atoms with Crippen LogP contribution in [0.5, 0.6) is 11.5 Å². The van der Waals surface area contributed by atoms with Gasteiger partial charge in [-0.1, -0.05) is 37.6 Å². The molecule has 0 atom stereocenters. The molecule has 0 fully saturated rings. The van der Waals surface area contributed by atoms with Gasteiger partial charge in [0.05, 0.1) is 5.02 Å². The van der Waals surface area contributed by atoms with Crippen LogP contribution in [0, 0.1) is 0 Å². The summed E-state index contributed by atoms with van der Waals surface area (Å²) in [4.78, 5) is 11.3. The predicted octanol–water partition coefficient (Wildman–Crippen LogP) is 4.54. The van der Waals surface area contributed by atoms with E-state index in [1.807, 2.05) is 18.2 Å². The number of carboxylic acid groups (broad SMARTS) is 1. The molecule has 5 heteroatoms. The third-order valence-corrected chi connectivity index (χ3v) is 3.32. The second-order valence-electron chi connectivity index (χ2n) is 5.01. The van der Waals surface area contributed by atoms with Gasteiger partial charge in [-0.15, -0.1) is 0 Å². The predicted molar refractivity (Wildman–Crippen MR) is 83.4 cm³/mol. The zero-order chi connectivity index (χ0) is 15.6. The number of rotatable bonds is 4. The molecule has 0 saturated carbocycles. The lowest BCUT2D eigenvalue weighted by Crippen LogP contribution is -2.02. The molecule has 0 saturated heterocycles. The molecular formula is C16H16ClNO3. The second-order valence-corrected chi connectivity index (χ2v) is 5.42. The highest BCUT2D eigenvalue weighted by Crippen LogP contribution is 2.35. The zero-order valence-electron chi connectivity index (χ0n) is 11.8. The molecule has 3 N–H and O–H groups in total. The molecule has 110 valence electrons. The van der Waals surface area contributed by atoms with Gasteiger partial charge in [0.1, 0.15) is 11.3 Å². The summed E-state index contributed by atoms with van der Waals surface area (Å²) in [5.41, 5.74) is 6.93. The summed E-state index contributed by atoms with van der Waals surface area (Å²) in [6.45, 7) is 4.13. The van der Waals surface area contributed by atoms with Crippen LogP contribution in [0.3, 0.4) is 0 Å². The van der Waals surface area contributed by atoms with Gasteiger partial charge in [-0.05, 0) is 35.7 Å². The highest BCUT2D eigenvalue weighted by Gasteiger charge is 2.17. The van der Waals surface area contributed by atoms with E-state index in [1.165, 1.54) is 12.1 Å². The number of carboxylic acids is 1. The Morgan fingerprint density at radius 3 is 2.62 bits per heavy atom. The Morgan fingerprint density at radius 1 is 1.29 bits per heavy atom. The van der Waals surface area contributed by atoms with E-state index >= 15 is 0 Å². The van der Waals surface area contributed by atoms with Gasteiger partial charge in [-0.3, -0.25) is 0 Å². The molecule has 4 nitrogen and oxygen atoms in total. The molecular weight excluding hydrogens is 290 g/mol. The molecule has 2 aromatic rings. The van der Waals surface area contributed by atoms with Crippen LogP contribution in [0.4, 0.5) is 5.69 Å². The molecule has 21 heavy (non-hydrogen) atoms. The lowest BCUT2D eigenvalue weighted by Gasteiger charge is -2.13. The number of anilines is 1. The van der Waals surface area contributed by atoms with Crippen molar-refractivity contribution < 1.29 is 14.6 Å². The molecule has 2 aromatic carbocycles. The average Bonchev–Trinajstić information content (AvgIpc) is 2.41. The van der Waals surface area contributed by atoms with Crippen molar-refractivity contribution in [2.24, 2.45) is 0 Å². The number of ether oxygens (including phenoxy) is 1. The lowest BCUT2D eigenvalue weighted by molar-refractivity contribution is 0.0694. The third-order valence-electron chi connectivity index (χ3n) is 3.04. The lowest BCUT2D eigenvalue weighted by atomic mass is 10.0. The quantitative estimate of drug-likeness (QED) is 0.814. The molecule has 0 unspecified atom stereocenters. The molecule has 0 aromatic heterocycles. The summed E-state index contributed by atoms with van der Waals surface area (Å²) in [5.74, 6) is -0.164. The summed E-state index contributed by atoms with van der Waals surface area (Å²) < 4.78 is 5.68. The Balaban J connectivity index is 2.44. The first kappa shape index (κ1) is 15.2. The maximum atomic E-state index is 11.3. The van der Waals surface area contributed by atoms with Crippen LogP contribution in [0.2, 0.25) is 5.02 Å². The standard InChI is InChI=1S/C16H16ClNO3/c1-9(2)10-4-3-5-12(6-10)21-15-13(16(19)20)7-11(18)8-14(15)17/h3-9H,18H2,1-2H3,(H,19,20). The minimum atomic E-state index is -1.14. The van der Waals surface area contributed by atoms with Crippen molar-refractivity contribution in [2.75, 3.05) is 5.73 Å². The minimum Gasteiger partial charge on any atom is -0.478 e. The molecule has 2 rings (SSSR count). The van der Waals surface area contributed by atoms with Crippen molar-refractivity contribution in [2.45, 2.75) is 19.8 Å². The van der Waals surface area contributed by atoms with Crippen molar-refractivity contribution in [3.63, 3.8) is 0 Å². The summed E-state index contributed by atoms with van der Waals surface area (Å²) in [5, 5.41) is 9.41. The summed E-state index contributed by atoms with van der Waals surface area (Å²) in [6, 6.07) is 10.3. The summed E-state index contributed by atoms with van der Waals surface area (Å²) in [7, 11) is 0. The largest absolute Gasteiger partial charge is 0.478 e. The molecule has 0 radical (unpaired) electrons. The van der Waals surface area contributed by atoms with E-state index in [0.29, 0.717) is 11.7 Å². The first-order valence-electron chi connectivity index (χ1n) is 6.48. The van der Waals surface area contributed by atoms with Crippen molar-refractivity contribution in [3.05, 3.63) is 52.5 Å². The molecule has 0 spiro atoms. The number of hydrogen-bond acceptors (Lipinski definition) is 3. The molecule has 0 bridgehead atoms. The normalized spacial score (nSPS) is 10.7. The van der Waals surface area contributed by atoms with Crippen molar-refractivity contribution in [1.82, 2.24) is 0 Å². The minimum absolute atomic E-state index is 0.0602. The Bertz CT molecular complexity index is 683. The molecule has 0 aliphatic heterocycles. The molecule has 0 heterocycles. The maximum absolute atomic E-state index is 11.3. The summed E-state index contributed by atoms with van der Waals surface area (Å²) in [6.07, 6.45) is 0. The van der Waals surface area contributed by atoms with Gasteiger partial charge in [0.2, 0.25) is 0 Å². The fourth-order valence-electron chi connectivity index (χ4n) is 1.93. The number of nitrogens with two attached hydrogens (primary N) is 1. The topological polar surface area (TPSA) is 72.5 Å². The van der Waals surface area contributed by atoms with Gasteiger partial charge in [0, 0.05) is 5.69 Å². The van der Waals surface area contributed by atoms with Crippen LogP contribution in [-0.4, -0.2) is 11.1 Å². The molecule has 0 aliphatic carbocycles. The van der Waals surface area contributed by atoms with E-state index in [4.69, 9.17) is 22.1 Å². The number of hydrogen-bond donors (Lipinski definition) is 2. The van der Waals surface area contributed by atoms with E-state index in [2.05, 4.69) is 13.8 Å². The van der Waals surface area contributed by atoms with Crippen LogP contribution in [0.25, 0.3) is 0 Å². The third kappa shape index (κ3) is 3.47. The van der Waals surface area contributed by atoms with Gasteiger partial charge >= 0.3 is 5.97 Å². The van der Waals surface area contributed by atoms with Gasteiger partial charge in [-0.25, -0.2) is 4.79 Å². The van der Waals surface area contributed by atoms with Crippen LogP contribution in [0.1, 0.15) is 35.7 Å². The van der Waals surface area contributed by atoms with Crippen LogP contribution >= 0.6 is 11.6 Å². The Labute approximate surface area is 128 Å². The SMILES string of the molecule is CC(C)c1cccc(Oc2c(Cl)cc(N)cc2C(=O)O)c1. The van der Waals surface area contributed by atoms with E-state index < -0.39 is 5.97 Å². The van der Waals surface area contributed by atoms with Gasteiger partial charge in [0.15, 0.2) is 5.75 Å². The van der Waals surface area contributed by atoms with Crippen LogP contribution in [0.15, 0.2) is 36.4 Å². The van der Waals surface area contributed by atoms with Gasteiger partial charge in [-0.2, -0.15) is 0 Å². The Hall–Kier alpha value is -2.20. The number of benzene rings is 2. The maximum Gasteiger partial charge on any atom is 0.339 e. The van der Waals surface area contributed by atoms with Gasteiger partial charge < -0.3 is 15.6 Å². The number of aromatic carboxylic acids is 1. The second kappa shape index (κ2) is 6.06. The highest BCUT2D eigenvalue weighted by molar-refractivity contribution is 6.33. The Kier molecular flexibility index (Phi) is 4.38. The molecule has 0 amide bonds. The number of carbonyl (C=O) groups is 1. The van der Waals surface area contributed by atoms with Crippen LogP contribution in [-0.2, 0) is 0 Å². The van der Waals surface area contributed by atoms with E-state index in [0.717, 1.165) is 5.56 Å². The number of halogens is 1. The van der Waals surface area contributed by atoms with Gasteiger partial charge in [0.25, 0.3) is 0 Å². The monoisotopic (exact) mass is 305 g/mol. The van der Waals surface area contributed by atoms with E-state index in [9.17, 15) is 9.90 Å². The van der Waals surface area contributed by atoms with E-state index in [1.54, 1.807) is 6.07 Å². The van der Waals surface area contributed by atoms with Crippen molar-refractivity contribution in [1.29, 1.82) is 0 Å². The van der Waals surface area contributed by atoms with E-state index in [-0.39, 0.29) is 22.0 Å². The van der Waals surface area contributed by atoms with Crippen molar-refractivity contribution in [3.8, 4) is 11.5 Å². The molecule has 0 aliphatic rings. The summed E-state index contributed by atoms with van der Waals surface area (Å²) >= 11 is 6.06. The zero-order valence-corrected chi connectivity index (χ0v) is 12.5. The number of nitrogen functional groups attached to an aromatic ring is 1. The van der Waals surface area contributed by atoms with Crippen LogP contribution < -0.4 is 10.5 Å². The van der Waals surface area contributed by atoms with Crippen molar-refractivity contribution >= 4 is 23.3 Å². The first-order chi connectivity index (χ1) is 9.88. The average molecular weight is 306 g/mol. The Morgan fingerprint density at radius 2 is 2.00 bits per heavy atom. The smallest absolute Gasteiger partial charge is 0.339 e. The fraction of sp³-hybridized carbons (Fsp3) is 0.188. The fourth-order valence-corrected chi connectivity index (χ4v) is 2.20. The first-order valence-corrected chi connectivity index (χ1v) is 6.86. The highest BCUT2D eigenvalue weighted by atomic mass is 35.5.